The number of hydrogen-bond donors (Lipinski definition) is 1. The highest BCUT2D eigenvalue weighted by Crippen LogP contribution is 2.34. The monoisotopic (exact) mass is 212 g/mol. The van der Waals surface area contributed by atoms with Gasteiger partial charge in [-0.05, 0) is 40.5 Å². The van der Waals surface area contributed by atoms with E-state index in [2.05, 4.69) is 6.07 Å². The zero-order valence-corrected chi connectivity index (χ0v) is 10.8. The van der Waals surface area contributed by atoms with Crippen molar-refractivity contribution in [3.05, 3.63) is 0 Å². The van der Waals surface area contributed by atoms with Gasteiger partial charge in [-0.25, -0.2) is 0 Å². The molecule has 0 aromatic carbocycles. The summed E-state index contributed by atoms with van der Waals surface area (Å²) in [4.78, 5) is 0. The Morgan fingerprint density at radius 3 is 1.87 bits per heavy atom. The van der Waals surface area contributed by atoms with Crippen LogP contribution in [0.25, 0.3) is 0 Å². The largest absolute Gasteiger partial charge is 0.313 e. The summed E-state index contributed by atoms with van der Waals surface area (Å²) in [5, 5.41) is 20.6. The molecule has 88 valence electrons. The molecule has 0 saturated carbocycles. The van der Waals surface area contributed by atoms with Gasteiger partial charge >= 0.3 is 0 Å². The Morgan fingerprint density at radius 1 is 1.27 bits per heavy atom. The van der Waals surface area contributed by atoms with Crippen LogP contribution in [0.15, 0.2) is 0 Å². The molecule has 3 nitrogen and oxygen atoms in total. The van der Waals surface area contributed by atoms with Crippen LogP contribution in [0.1, 0.15) is 54.4 Å². The molecule has 0 aromatic rings. The second-order valence-corrected chi connectivity index (χ2v) is 5.17. The minimum atomic E-state index is -0.456. The minimum Gasteiger partial charge on any atom is -0.313 e. The lowest BCUT2D eigenvalue weighted by Gasteiger charge is -2.42. The van der Waals surface area contributed by atoms with Crippen LogP contribution in [0, 0.1) is 16.7 Å². The second kappa shape index (κ2) is 4.96. The highest BCUT2D eigenvalue weighted by Gasteiger charge is 2.40. The molecule has 3 heteroatoms. The predicted octanol–water partition coefficient (Wildman–Crippen LogP) is 3.19. The third-order valence-electron chi connectivity index (χ3n) is 3.34. The molecule has 0 radical (unpaired) electrons. The van der Waals surface area contributed by atoms with Crippen molar-refractivity contribution in [3.63, 3.8) is 0 Å². The summed E-state index contributed by atoms with van der Waals surface area (Å²) in [5.41, 5.74) is -0.784. The fourth-order valence-electron chi connectivity index (χ4n) is 1.91. The number of hydrogen-bond acceptors (Lipinski definition) is 3. The second-order valence-electron chi connectivity index (χ2n) is 5.17. The minimum absolute atomic E-state index is 0.155. The van der Waals surface area contributed by atoms with E-state index in [-0.39, 0.29) is 11.6 Å². The van der Waals surface area contributed by atoms with Gasteiger partial charge in [0, 0.05) is 5.54 Å². The van der Waals surface area contributed by atoms with Crippen LogP contribution in [0.5, 0.6) is 0 Å². The third kappa shape index (κ3) is 2.93. The summed E-state index contributed by atoms with van der Waals surface area (Å²) in [6.07, 6.45) is 1.52. The molecule has 0 amide bonds. The molecule has 0 bridgehead atoms. The number of nitrogens with zero attached hydrogens (tertiary/aromatic N) is 2. The van der Waals surface area contributed by atoms with Crippen molar-refractivity contribution in [1.29, 1.82) is 5.26 Å². The van der Waals surface area contributed by atoms with Crippen LogP contribution in [-0.4, -0.2) is 21.9 Å². The van der Waals surface area contributed by atoms with Gasteiger partial charge in [0.05, 0.1) is 17.5 Å². The van der Waals surface area contributed by atoms with Gasteiger partial charge in [0.25, 0.3) is 0 Å². The molecule has 0 aliphatic carbocycles. The average molecular weight is 212 g/mol. The molecule has 0 spiro atoms. The molecule has 0 aliphatic heterocycles. The summed E-state index contributed by atoms with van der Waals surface area (Å²) in [6.45, 7) is 11.7. The predicted molar refractivity (Wildman–Crippen MR) is 61.5 cm³/mol. The molecule has 0 aromatic heterocycles. The standard InChI is InChI=1S/C12H24N2O/c1-7-12(8-2,9-13)10(3)14(15)11(4,5)6/h10,15H,7-8H2,1-6H3. The van der Waals surface area contributed by atoms with E-state index in [4.69, 9.17) is 0 Å². The summed E-state index contributed by atoms with van der Waals surface area (Å²) in [5.74, 6) is 0. The van der Waals surface area contributed by atoms with E-state index in [9.17, 15) is 10.5 Å². The number of hydroxylamine groups is 2. The lowest BCUT2D eigenvalue weighted by atomic mass is 9.76. The van der Waals surface area contributed by atoms with Crippen LogP contribution in [0.2, 0.25) is 0 Å². The van der Waals surface area contributed by atoms with Crippen molar-refractivity contribution in [2.24, 2.45) is 5.41 Å². The van der Waals surface area contributed by atoms with Gasteiger partial charge in [0.2, 0.25) is 0 Å². The van der Waals surface area contributed by atoms with E-state index in [1.54, 1.807) is 0 Å². The Kier molecular flexibility index (Phi) is 4.76. The maximum absolute atomic E-state index is 10.1. The fourth-order valence-corrected chi connectivity index (χ4v) is 1.91. The van der Waals surface area contributed by atoms with E-state index in [1.807, 2.05) is 41.5 Å². The molecule has 15 heavy (non-hydrogen) atoms. The van der Waals surface area contributed by atoms with Gasteiger partial charge in [-0.1, -0.05) is 13.8 Å². The van der Waals surface area contributed by atoms with Crippen molar-refractivity contribution in [2.45, 2.75) is 66.0 Å². The maximum Gasteiger partial charge on any atom is 0.0744 e. The molecule has 0 aliphatic rings. The Hall–Kier alpha value is -0.590. The van der Waals surface area contributed by atoms with Crippen LogP contribution in [0.4, 0.5) is 0 Å². The first-order chi connectivity index (χ1) is 6.75. The summed E-state index contributed by atoms with van der Waals surface area (Å²) in [7, 11) is 0. The smallest absolute Gasteiger partial charge is 0.0744 e. The molecule has 1 N–H and O–H groups in total. The zero-order chi connectivity index (χ0) is 12.3. The quantitative estimate of drug-likeness (QED) is 0.728. The molecular formula is C12H24N2O. The first kappa shape index (κ1) is 14.4. The number of nitriles is 1. The van der Waals surface area contributed by atoms with Crippen LogP contribution in [0.3, 0.4) is 0 Å². The van der Waals surface area contributed by atoms with Crippen molar-refractivity contribution in [1.82, 2.24) is 5.06 Å². The van der Waals surface area contributed by atoms with Crippen LogP contribution < -0.4 is 0 Å². The van der Waals surface area contributed by atoms with Gasteiger partial charge < -0.3 is 5.21 Å². The van der Waals surface area contributed by atoms with E-state index < -0.39 is 5.41 Å². The van der Waals surface area contributed by atoms with Crippen molar-refractivity contribution in [2.75, 3.05) is 0 Å². The normalized spacial score (nSPS) is 15.1. The van der Waals surface area contributed by atoms with Gasteiger partial charge in [-0.2, -0.15) is 10.3 Å². The highest BCUT2D eigenvalue weighted by atomic mass is 16.5. The first-order valence-electron chi connectivity index (χ1n) is 5.64. The van der Waals surface area contributed by atoms with Crippen LogP contribution >= 0.6 is 0 Å². The lowest BCUT2D eigenvalue weighted by Crippen LogP contribution is -2.51. The Bertz CT molecular complexity index is 233. The molecule has 1 unspecified atom stereocenters. The summed E-state index contributed by atoms with van der Waals surface area (Å²) >= 11 is 0. The maximum atomic E-state index is 10.1. The SMILES string of the molecule is CCC(C#N)(CC)C(C)N(O)C(C)(C)C. The van der Waals surface area contributed by atoms with Gasteiger partial charge in [-0.3, -0.25) is 0 Å². The van der Waals surface area contributed by atoms with Gasteiger partial charge in [-0.15, -0.1) is 0 Å². The van der Waals surface area contributed by atoms with Crippen LogP contribution in [-0.2, 0) is 0 Å². The highest BCUT2D eigenvalue weighted by molar-refractivity contribution is 5.04. The molecule has 0 saturated heterocycles. The Morgan fingerprint density at radius 2 is 1.67 bits per heavy atom. The van der Waals surface area contributed by atoms with Gasteiger partial charge in [0.1, 0.15) is 0 Å². The van der Waals surface area contributed by atoms with E-state index >= 15 is 0 Å². The molecule has 1 atom stereocenters. The van der Waals surface area contributed by atoms with Crippen molar-refractivity contribution in [3.8, 4) is 6.07 Å². The van der Waals surface area contributed by atoms with E-state index in [0.717, 1.165) is 12.8 Å². The summed E-state index contributed by atoms with van der Waals surface area (Å²) < 4.78 is 0. The van der Waals surface area contributed by atoms with Crippen molar-refractivity contribution >= 4 is 0 Å². The molecule has 0 heterocycles. The lowest BCUT2D eigenvalue weighted by molar-refractivity contribution is -0.203. The number of rotatable bonds is 4. The van der Waals surface area contributed by atoms with Gasteiger partial charge in [0.15, 0.2) is 0 Å². The molecule has 0 fully saturated rings. The Labute approximate surface area is 93.7 Å². The zero-order valence-electron chi connectivity index (χ0n) is 10.8. The molecular weight excluding hydrogens is 188 g/mol. The average Bonchev–Trinajstić information content (AvgIpc) is 2.18. The van der Waals surface area contributed by atoms with E-state index in [1.165, 1.54) is 5.06 Å². The topological polar surface area (TPSA) is 47.3 Å². The fraction of sp³-hybridized carbons (Fsp3) is 0.917. The summed E-state index contributed by atoms with van der Waals surface area (Å²) in [6, 6.07) is 2.21. The molecule has 0 rings (SSSR count). The van der Waals surface area contributed by atoms with Crippen molar-refractivity contribution < 1.29 is 5.21 Å². The Balaban J connectivity index is 4.97. The van der Waals surface area contributed by atoms with E-state index in [0.29, 0.717) is 0 Å². The third-order valence-corrected chi connectivity index (χ3v) is 3.34. The first-order valence-corrected chi connectivity index (χ1v) is 5.64.